The minimum Gasteiger partial charge on any atom is -0.508 e. The number of carboxylic acids is 1. The lowest BCUT2D eigenvalue weighted by Crippen LogP contribution is -2.62. The number of likely N-dealkylation sites (N-methyl/N-ethyl adjacent to an activating group) is 1. The number of aliphatic carboxylic acids is 1. The van der Waals surface area contributed by atoms with Gasteiger partial charge in [-0.15, -0.1) is 0 Å². The lowest BCUT2D eigenvalue weighted by molar-refractivity contribution is -0.142. The Bertz CT molecular complexity index is 3230. The van der Waals surface area contributed by atoms with Crippen molar-refractivity contribution in [3.05, 3.63) is 84.1 Å². The fraction of sp³-hybridized carbons (Fsp3) is 0.532. The van der Waals surface area contributed by atoms with Crippen LogP contribution in [0.3, 0.4) is 0 Å². The number of fused-ring (bicyclic) bond motifs is 1. The molecule has 31 heteroatoms. The zero-order valence-electron chi connectivity index (χ0n) is 53.5. The Labute approximate surface area is 538 Å². The average Bonchev–Trinajstić information content (AvgIpc) is 1.78. The minimum absolute atomic E-state index is 0.0578. The smallest absolute Gasteiger partial charge is 0.300 e. The van der Waals surface area contributed by atoms with Crippen LogP contribution in [0.25, 0.3) is 10.9 Å². The van der Waals surface area contributed by atoms with E-state index in [9.17, 15) is 58.2 Å². The maximum Gasteiger partial charge on any atom is 0.300 e. The molecular formula is C62H90N16O15. The van der Waals surface area contributed by atoms with Gasteiger partial charge < -0.3 is 94.2 Å². The van der Waals surface area contributed by atoms with Gasteiger partial charge in [-0.3, -0.25) is 57.7 Å². The Morgan fingerprint density at radius 1 is 0.753 bits per heavy atom. The van der Waals surface area contributed by atoms with Gasteiger partial charge in [0.25, 0.3) is 5.97 Å². The van der Waals surface area contributed by atoms with Crippen LogP contribution >= 0.6 is 0 Å². The number of likely N-dealkylation sites (tertiary alicyclic amines) is 1. The highest BCUT2D eigenvalue weighted by atomic mass is 16.5. The third kappa shape index (κ3) is 24.2. The fourth-order valence-electron chi connectivity index (χ4n) is 10.3. The van der Waals surface area contributed by atoms with Gasteiger partial charge in [-0.1, -0.05) is 44.2 Å². The summed E-state index contributed by atoms with van der Waals surface area (Å²) >= 11 is 0. The number of benzene rings is 2. The van der Waals surface area contributed by atoms with E-state index in [1.807, 2.05) is 13.8 Å². The molecule has 2 aliphatic rings. The second-order valence-corrected chi connectivity index (χ2v) is 24.1. The summed E-state index contributed by atoms with van der Waals surface area (Å²) in [6, 6.07) is 1.02. The molecule has 93 heavy (non-hydrogen) atoms. The number of H-pyrrole nitrogens is 2. The molecule has 10 amide bonds. The van der Waals surface area contributed by atoms with Crippen LogP contribution in [0.2, 0.25) is 0 Å². The number of carbonyl (C=O) groups is 11. The monoisotopic (exact) mass is 1300 g/mol. The van der Waals surface area contributed by atoms with Gasteiger partial charge >= 0.3 is 0 Å². The summed E-state index contributed by atoms with van der Waals surface area (Å²) in [7, 11) is 0. The Morgan fingerprint density at radius 2 is 1.33 bits per heavy atom. The molecule has 0 bridgehead atoms. The van der Waals surface area contributed by atoms with Crippen LogP contribution in [0.15, 0.2) is 72.2 Å². The van der Waals surface area contributed by atoms with E-state index in [2.05, 4.69) is 67.8 Å². The summed E-state index contributed by atoms with van der Waals surface area (Å²) in [6.45, 7) is 10.9. The van der Waals surface area contributed by atoms with E-state index in [4.69, 9.17) is 26.1 Å². The summed E-state index contributed by atoms with van der Waals surface area (Å²) in [6.07, 6.45) is 5.56. The molecule has 2 aromatic carbocycles. The molecule has 4 heterocycles. The highest BCUT2D eigenvalue weighted by molar-refractivity contribution is 5.99. The number of para-hydroxylation sites is 1. The number of nitrogens with one attached hydrogen (secondary N) is 11. The molecule has 6 rings (SSSR count). The number of aliphatic hydroxyl groups excluding tert-OH is 1. The third-order valence-electron chi connectivity index (χ3n) is 14.9. The number of hydrogen-bond acceptors (Lipinski definition) is 16. The number of aromatic amines is 2. The van der Waals surface area contributed by atoms with Crippen LogP contribution < -0.4 is 59.3 Å². The van der Waals surface area contributed by atoms with Crippen LogP contribution in [0.1, 0.15) is 110 Å². The lowest BCUT2D eigenvalue weighted by atomic mass is 10.0. The van der Waals surface area contributed by atoms with E-state index in [-0.39, 0.29) is 93.9 Å². The van der Waals surface area contributed by atoms with E-state index < -0.39 is 126 Å². The molecule has 0 aliphatic carbocycles. The van der Waals surface area contributed by atoms with Crippen molar-refractivity contribution < 1.29 is 72.8 Å². The number of phenolic OH excluding ortho intramolecular Hbond substituents is 1. The number of aromatic hydroxyl groups is 1. The van der Waals surface area contributed by atoms with E-state index in [0.717, 1.165) is 6.92 Å². The van der Waals surface area contributed by atoms with Crippen molar-refractivity contribution in [2.75, 3.05) is 32.8 Å². The van der Waals surface area contributed by atoms with Gasteiger partial charge in [0.2, 0.25) is 59.1 Å². The molecule has 508 valence electrons. The number of nitrogens with zero attached hydrogens (tertiary/aromatic N) is 3. The van der Waals surface area contributed by atoms with Gasteiger partial charge in [-0.25, -0.2) is 4.98 Å². The second-order valence-electron chi connectivity index (χ2n) is 24.1. The summed E-state index contributed by atoms with van der Waals surface area (Å²) in [5.41, 5.74) is 12.4. The topological polar surface area (TPSA) is 478 Å². The first-order valence-electron chi connectivity index (χ1n) is 30.9. The summed E-state index contributed by atoms with van der Waals surface area (Å²) in [5, 5.41) is 53.2. The molecule has 4 aromatic rings. The number of rotatable bonds is 32. The number of amides is 10. The van der Waals surface area contributed by atoms with Gasteiger partial charge in [-0.2, -0.15) is 0 Å². The minimum atomic E-state index is -1.78. The number of aliphatic imine (C=N–C) groups is 1. The standard InChI is InChI=1S/C60H86N16O13.C2H4O2/c1-7-64-57(87)48-15-11-23-76(48)58(88)41(14-10-22-65-59(61)62)69-51(81)42(24-33(2)3)70-56(86)47(31-89-60(4,5)6)75-52(82)43(25-34-16-18-37(78)19-17-34)71-55(85)46(30-77)74-53(83)44(26-35-28-66-39-13-9-8-12-38(35)39)72-54(84)45(27-36-29-63-32-67-36)73-50(80)40-20-21-49(79)68-40;1-2(3)4/h8-9,12-13,16-19,28-29,32-33,40-48,66,77-78H,7,10-11,14-15,20-27,30-31H2,1-6H3,(H,63,67)(H,64,87)(H,68,79)(H,69,81)(H,70,86)(H,71,85)(H,72,84)(H,73,80)(H,74,83)(H,75,82)(H4,61,62,65);1H3,(H,3,4)/t40-,41-,42-,43-,44-,45-,46+,47+,48-;/m0./s1. The van der Waals surface area contributed by atoms with Gasteiger partial charge in [-0.05, 0) is 101 Å². The lowest BCUT2D eigenvalue weighted by Gasteiger charge is -2.31. The first-order valence-corrected chi connectivity index (χ1v) is 30.9. The van der Waals surface area contributed by atoms with Crippen molar-refractivity contribution in [3.8, 4) is 5.75 Å². The number of carbonyl (C=O) groups excluding carboxylic acids is 10. The van der Waals surface area contributed by atoms with Crippen molar-refractivity contribution >= 4 is 81.9 Å². The molecule has 0 unspecified atom stereocenters. The normalized spacial score (nSPS) is 16.7. The number of aromatic nitrogens is 3. The first-order chi connectivity index (χ1) is 44.0. The van der Waals surface area contributed by atoms with Crippen LogP contribution in [0.5, 0.6) is 5.75 Å². The molecule has 2 aromatic heterocycles. The SMILES string of the molecule is CC(=O)O.CCNC(=O)[C@@H]1CCCN1C(=O)[C@H](CCCN=C(N)N)NC(=O)[C@H](CC(C)C)NC(=O)[C@@H](COC(C)(C)C)NC(=O)[C@H](Cc1ccc(O)cc1)NC(=O)[C@@H](CO)NC(=O)[C@H](Cc1c[nH]c2ccccc12)NC(=O)[C@H](Cc1cnc[nH]1)NC(=O)[C@@H]1CCC(=O)N1. The number of nitrogens with two attached hydrogens (primary N) is 2. The number of imidazole rings is 1. The van der Waals surface area contributed by atoms with Crippen molar-refractivity contribution in [2.24, 2.45) is 22.4 Å². The molecule has 0 saturated carbocycles. The largest absolute Gasteiger partial charge is 0.508 e. The molecule has 31 nitrogen and oxygen atoms in total. The maximum atomic E-state index is 14.8. The Morgan fingerprint density at radius 3 is 1.92 bits per heavy atom. The van der Waals surface area contributed by atoms with E-state index in [1.165, 1.54) is 41.7 Å². The second kappa shape index (κ2) is 35.8. The number of guanidine groups is 1. The average molecular weight is 1300 g/mol. The zero-order chi connectivity index (χ0) is 68.5. The van der Waals surface area contributed by atoms with Crippen LogP contribution in [-0.2, 0) is 76.7 Å². The Hall–Kier alpha value is -9.65. The van der Waals surface area contributed by atoms with Gasteiger partial charge in [0.15, 0.2) is 5.96 Å². The highest BCUT2D eigenvalue weighted by Gasteiger charge is 2.40. The summed E-state index contributed by atoms with van der Waals surface area (Å²) in [4.78, 5) is 165. The van der Waals surface area contributed by atoms with E-state index in [0.29, 0.717) is 47.1 Å². The van der Waals surface area contributed by atoms with Crippen molar-refractivity contribution in [1.82, 2.24) is 67.7 Å². The number of carboxylic acid groups (broad SMARTS) is 1. The number of hydrogen-bond donors (Lipinski definition) is 16. The van der Waals surface area contributed by atoms with Crippen molar-refractivity contribution in [1.29, 1.82) is 0 Å². The molecule has 0 radical (unpaired) electrons. The van der Waals surface area contributed by atoms with E-state index in [1.54, 1.807) is 58.2 Å². The number of ether oxygens (including phenoxy) is 1. The van der Waals surface area contributed by atoms with Gasteiger partial charge in [0, 0.05) is 81.2 Å². The quantitative estimate of drug-likeness (QED) is 0.0149. The fourth-order valence-corrected chi connectivity index (χ4v) is 10.3. The van der Waals surface area contributed by atoms with E-state index >= 15 is 0 Å². The summed E-state index contributed by atoms with van der Waals surface area (Å²) < 4.78 is 6.04. The molecule has 2 fully saturated rings. The van der Waals surface area contributed by atoms with Gasteiger partial charge in [0.1, 0.15) is 60.1 Å². The Balaban J connectivity index is 0.00000380. The predicted octanol–water partition coefficient (Wildman–Crippen LogP) is -1.58. The van der Waals surface area contributed by atoms with Crippen LogP contribution in [-0.4, -0.2) is 199 Å². The summed E-state index contributed by atoms with van der Waals surface area (Å²) in [5.74, 6) is -8.56. The first kappa shape index (κ1) is 74.1. The highest BCUT2D eigenvalue weighted by Crippen LogP contribution is 2.22. The predicted molar refractivity (Wildman–Crippen MR) is 340 cm³/mol. The molecule has 18 N–H and O–H groups in total. The van der Waals surface area contributed by atoms with Crippen molar-refractivity contribution in [3.63, 3.8) is 0 Å². The number of aliphatic hydroxyl groups is 1. The van der Waals surface area contributed by atoms with Crippen LogP contribution in [0, 0.1) is 5.92 Å². The molecular weight excluding hydrogens is 1210 g/mol. The third-order valence-corrected chi connectivity index (χ3v) is 14.9. The maximum absolute atomic E-state index is 14.8. The zero-order valence-corrected chi connectivity index (χ0v) is 53.5. The molecule has 9 atom stereocenters. The van der Waals surface area contributed by atoms with Crippen LogP contribution in [0.4, 0.5) is 0 Å². The van der Waals surface area contributed by atoms with Crippen molar-refractivity contribution in [2.45, 2.75) is 173 Å². The molecule has 2 aliphatic heterocycles. The van der Waals surface area contributed by atoms with Gasteiger partial charge in [0.05, 0.1) is 25.1 Å². The molecule has 0 spiro atoms. The molecule has 2 saturated heterocycles. The Kier molecular flexibility index (Phi) is 28.5. The number of phenols is 1.